The molecule has 0 aliphatic carbocycles. The first-order chi connectivity index (χ1) is 24.0. The Hall–Kier alpha value is -3.80. The van der Waals surface area contributed by atoms with E-state index in [4.69, 9.17) is 9.47 Å². The molecule has 10 nitrogen and oxygen atoms in total. The quantitative estimate of drug-likeness (QED) is 0.106. The van der Waals surface area contributed by atoms with E-state index in [0.717, 1.165) is 11.1 Å². The number of halogens is 1. The summed E-state index contributed by atoms with van der Waals surface area (Å²) < 4.78 is 13.0. The van der Waals surface area contributed by atoms with Gasteiger partial charge in [-0.05, 0) is 69.2 Å². The standard InChI is InChI=1S/C39H48BrN3O7/c1-6-8-16-30(45)41-26(5)33(27-14-10-9-11-15-27)49-38(48)31-32-36(46)43(20-12-13-21-44)35(39(32)23-28(40)34(31)50-39)37(47)42(19-7-2)29-22-24(3)17-18-25(29)4/h6-7,9-11,14-15,17-18,22,26,28,31-35,44H,1-2,8,12-13,16,19-21,23H2,3-5H3,(H,41,45)/t26-,28?,31-,32+,33-,34-,35-,39+/m1/s1. The van der Waals surface area contributed by atoms with Gasteiger partial charge in [0.25, 0.3) is 5.91 Å². The van der Waals surface area contributed by atoms with Crippen LogP contribution in [0.4, 0.5) is 5.69 Å². The third-order valence-corrected chi connectivity index (χ3v) is 11.0. The molecule has 2 N–H and O–H groups in total. The van der Waals surface area contributed by atoms with Crippen molar-refractivity contribution in [1.29, 1.82) is 0 Å². The Morgan fingerprint density at radius 3 is 2.58 bits per heavy atom. The Morgan fingerprint density at radius 1 is 1.16 bits per heavy atom. The van der Waals surface area contributed by atoms with E-state index in [0.29, 0.717) is 36.9 Å². The lowest BCUT2D eigenvalue weighted by molar-refractivity contribution is -0.162. The number of anilines is 1. The third-order valence-electron chi connectivity index (χ3n) is 10.1. The molecule has 2 aromatic rings. The van der Waals surface area contributed by atoms with Crippen LogP contribution in [0.1, 0.15) is 61.8 Å². The maximum atomic E-state index is 14.9. The Morgan fingerprint density at radius 2 is 1.90 bits per heavy atom. The number of allylic oxidation sites excluding steroid dienone is 1. The van der Waals surface area contributed by atoms with Crippen molar-refractivity contribution < 1.29 is 33.8 Å². The van der Waals surface area contributed by atoms with Crippen molar-refractivity contribution in [2.75, 3.05) is 24.6 Å². The van der Waals surface area contributed by atoms with Gasteiger partial charge >= 0.3 is 5.97 Å². The number of nitrogens with zero attached hydrogens (tertiary/aromatic N) is 2. The van der Waals surface area contributed by atoms with Crippen molar-refractivity contribution in [3.8, 4) is 0 Å². The SMILES string of the molecule is C=CCCC(=O)N[C@H](C)[C@@H](OC(=O)[C@H]1[C@@H]2O[C@@]3(CC2Br)[C@@H]1C(=O)N(CCCCO)[C@@H]3C(=O)N(CC=C)c1cc(C)ccc1C)c1ccccc1. The van der Waals surface area contributed by atoms with E-state index in [9.17, 15) is 24.3 Å². The fraction of sp³-hybridized carbons (Fsp3) is 0.487. The highest BCUT2D eigenvalue weighted by molar-refractivity contribution is 9.09. The zero-order valence-electron chi connectivity index (χ0n) is 29.1. The van der Waals surface area contributed by atoms with Crippen LogP contribution in [0.15, 0.2) is 73.8 Å². The van der Waals surface area contributed by atoms with Gasteiger partial charge in [-0.3, -0.25) is 19.2 Å². The highest BCUT2D eigenvalue weighted by atomic mass is 79.9. The fourth-order valence-corrected chi connectivity index (χ4v) is 8.79. The van der Waals surface area contributed by atoms with E-state index in [-0.39, 0.29) is 48.7 Å². The number of carbonyl (C=O) groups excluding carboxylic acids is 4. The molecule has 3 amide bonds. The van der Waals surface area contributed by atoms with Gasteiger partial charge in [0.1, 0.15) is 17.7 Å². The van der Waals surface area contributed by atoms with Gasteiger partial charge in [0.05, 0.1) is 24.0 Å². The summed E-state index contributed by atoms with van der Waals surface area (Å²) in [5.41, 5.74) is 1.99. The molecule has 50 heavy (non-hydrogen) atoms. The van der Waals surface area contributed by atoms with Crippen LogP contribution in [-0.2, 0) is 28.7 Å². The van der Waals surface area contributed by atoms with Crippen LogP contribution in [0, 0.1) is 25.7 Å². The van der Waals surface area contributed by atoms with Gasteiger partial charge in [-0.25, -0.2) is 0 Å². The Balaban J connectivity index is 1.51. The van der Waals surface area contributed by atoms with Gasteiger partial charge in [-0.1, -0.05) is 70.5 Å². The number of likely N-dealkylation sites (tertiary alicyclic amines) is 1. The summed E-state index contributed by atoms with van der Waals surface area (Å²) in [6.45, 7) is 13.6. The van der Waals surface area contributed by atoms with E-state index in [2.05, 4.69) is 34.4 Å². The summed E-state index contributed by atoms with van der Waals surface area (Å²) in [7, 11) is 0. The number of esters is 1. The molecule has 1 spiro atoms. The van der Waals surface area contributed by atoms with E-state index in [1.807, 2.05) is 62.4 Å². The molecule has 268 valence electrons. The zero-order valence-corrected chi connectivity index (χ0v) is 30.6. The minimum atomic E-state index is -1.29. The number of hydrogen-bond donors (Lipinski definition) is 2. The number of ether oxygens (including phenoxy) is 2. The number of amides is 3. The van der Waals surface area contributed by atoms with E-state index < -0.39 is 47.7 Å². The molecule has 5 rings (SSSR count). The predicted octanol–water partition coefficient (Wildman–Crippen LogP) is 5.10. The second-order valence-corrected chi connectivity index (χ2v) is 14.8. The molecule has 3 heterocycles. The molecule has 0 aromatic heterocycles. The van der Waals surface area contributed by atoms with Gasteiger partial charge in [0, 0.05) is 36.6 Å². The van der Waals surface area contributed by atoms with Gasteiger partial charge in [-0.15, -0.1) is 13.2 Å². The predicted molar refractivity (Wildman–Crippen MR) is 195 cm³/mol. The van der Waals surface area contributed by atoms with Gasteiger partial charge in [0.2, 0.25) is 11.8 Å². The van der Waals surface area contributed by atoms with E-state index >= 15 is 0 Å². The Kier molecular flexibility index (Phi) is 12.0. The number of aliphatic hydroxyl groups excluding tert-OH is 1. The molecule has 1 unspecified atom stereocenters. The fourth-order valence-electron chi connectivity index (χ4n) is 7.85. The first kappa shape index (κ1) is 37.5. The molecular weight excluding hydrogens is 702 g/mol. The highest BCUT2D eigenvalue weighted by Gasteiger charge is 2.77. The van der Waals surface area contributed by atoms with Crippen LogP contribution in [0.5, 0.6) is 0 Å². The first-order valence-electron chi connectivity index (χ1n) is 17.4. The molecule has 2 aromatic carbocycles. The van der Waals surface area contributed by atoms with Crippen molar-refractivity contribution in [3.63, 3.8) is 0 Å². The normalized spacial score (nSPS) is 26.2. The highest BCUT2D eigenvalue weighted by Crippen LogP contribution is 2.60. The van der Waals surface area contributed by atoms with Gasteiger partial charge in [-0.2, -0.15) is 0 Å². The number of nitrogens with one attached hydrogen (secondary N) is 1. The van der Waals surface area contributed by atoms with Crippen molar-refractivity contribution in [2.24, 2.45) is 11.8 Å². The summed E-state index contributed by atoms with van der Waals surface area (Å²) in [4.78, 5) is 59.5. The minimum Gasteiger partial charge on any atom is -0.455 e. The molecule has 3 aliphatic rings. The van der Waals surface area contributed by atoms with Crippen LogP contribution in [0.2, 0.25) is 0 Å². The second kappa shape index (κ2) is 16.0. The minimum absolute atomic E-state index is 0.0551. The number of alkyl halides is 1. The smallest absolute Gasteiger partial charge is 0.313 e. The number of carbonyl (C=O) groups is 4. The molecule has 0 saturated carbocycles. The van der Waals surface area contributed by atoms with Crippen molar-refractivity contribution in [1.82, 2.24) is 10.2 Å². The number of unbranched alkanes of at least 4 members (excludes halogenated alkanes) is 1. The Labute approximate surface area is 303 Å². The third kappa shape index (κ3) is 7.18. The van der Waals surface area contributed by atoms with Gasteiger partial charge < -0.3 is 29.7 Å². The molecule has 2 bridgehead atoms. The number of aliphatic hydroxyl groups is 1. The topological polar surface area (TPSA) is 125 Å². The number of rotatable bonds is 16. The number of benzene rings is 2. The van der Waals surface area contributed by atoms with Crippen LogP contribution >= 0.6 is 15.9 Å². The number of aryl methyl sites for hydroxylation is 2. The van der Waals surface area contributed by atoms with E-state index in [1.54, 1.807) is 28.9 Å². The molecular formula is C39H48BrN3O7. The molecule has 3 aliphatic heterocycles. The summed E-state index contributed by atoms with van der Waals surface area (Å²) in [6, 6.07) is 13.5. The van der Waals surface area contributed by atoms with Crippen LogP contribution in [0.25, 0.3) is 0 Å². The average Bonchev–Trinajstić information content (AvgIpc) is 3.69. The first-order valence-corrected chi connectivity index (χ1v) is 18.3. The summed E-state index contributed by atoms with van der Waals surface area (Å²) in [6.07, 6.45) is 3.78. The summed E-state index contributed by atoms with van der Waals surface area (Å²) in [5.74, 6) is -3.44. The lowest BCUT2D eigenvalue weighted by atomic mass is 9.70. The maximum absolute atomic E-state index is 14.9. The maximum Gasteiger partial charge on any atom is 0.313 e. The molecule has 3 saturated heterocycles. The lowest BCUT2D eigenvalue weighted by Gasteiger charge is -2.37. The zero-order chi connectivity index (χ0) is 36.2. The lowest BCUT2D eigenvalue weighted by Crippen LogP contribution is -2.57. The van der Waals surface area contributed by atoms with Crippen molar-refractivity contribution in [2.45, 2.75) is 87.6 Å². The Bertz CT molecular complexity index is 1600. The van der Waals surface area contributed by atoms with E-state index in [1.165, 1.54) is 0 Å². The number of fused-ring (bicyclic) bond motifs is 1. The molecule has 8 atom stereocenters. The molecule has 0 radical (unpaired) electrons. The van der Waals surface area contributed by atoms with Crippen molar-refractivity contribution >= 4 is 45.3 Å². The second-order valence-electron chi connectivity index (χ2n) is 13.6. The molecule has 3 fully saturated rings. The summed E-state index contributed by atoms with van der Waals surface area (Å²) >= 11 is 3.74. The summed E-state index contributed by atoms with van der Waals surface area (Å²) in [5, 5.41) is 12.5. The average molecular weight is 751 g/mol. The monoisotopic (exact) mass is 749 g/mol. The van der Waals surface area contributed by atoms with Crippen LogP contribution in [0.3, 0.4) is 0 Å². The van der Waals surface area contributed by atoms with Crippen LogP contribution in [-0.4, -0.2) is 82.0 Å². The van der Waals surface area contributed by atoms with Gasteiger partial charge in [0.15, 0.2) is 0 Å². The van der Waals surface area contributed by atoms with Crippen LogP contribution < -0.4 is 10.2 Å². The largest absolute Gasteiger partial charge is 0.455 e. The number of hydrogen-bond acceptors (Lipinski definition) is 7. The molecule has 11 heteroatoms. The van der Waals surface area contributed by atoms with Crippen molar-refractivity contribution in [3.05, 3.63) is 90.5 Å².